The topological polar surface area (TPSA) is 82.2 Å². The Morgan fingerprint density at radius 1 is 1.07 bits per heavy atom. The van der Waals surface area contributed by atoms with Gasteiger partial charge in [-0.25, -0.2) is 4.98 Å². The third kappa shape index (κ3) is 4.80. The first kappa shape index (κ1) is 20.0. The van der Waals surface area contributed by atoms with Crippen molar-refractivity contribution in [3.63, 3.8) is 0 Å². The fourth-order valence-electron chi connectivity index (χ4n) is 3.73. The van der Waals surface area contributed by atoms with Crippen LogP contribution in [-0.2, 0) is 11.3 Å². The van der Waals surface area contributed by atoms with Gasteiger partial charge in [-0.15, -0.1) is 0 Å². The fourth-order valence-corrected chi connectivity index (χ4v) is 3.73. The van der Waals surface area contributed by atoms with Crippen LogP contribution in [0.4, 0.5) is 0 Å². The molecule has 1 aliphatic rings. The minimum atomic E-state index is -0.192. The predicted octanol–water partition coefficient (Wildman–Crippen LogP) is 2.55. The maximum Gasteiger partial charge on any atom is 0.251 e. The SMILES string of the molecule is CC(=O)N1CCCN(Cc2ccc(-c3nc(-c4cccnc4)cc(=O)[nH]3)cc2)CC1. The van der Waals surface area contributed by atoms with Crippen LogP contribution >= 0.6 is 0 Å². The number of aromatic nitrogens is 3. The van der Waals surface area contributed by atoms with E-state index >= 15 is 0 Å². The summed E-state index contributed by atoms with van der Waals surface area (Å²) in [4.78, 5) is 39.6. The average molecular weight is 403 g/mol. The van der Waals surface area contributed by atoms with Gasteiger partial charge in [0.05, 0.1) is 5.69 Å². The van der Waals surface area contributed by atoms with Crippen LogP contribution in [-0.4, -0.2) is 56.8 Å². The van der Waals surface area contributed by atoms with Crippen LogP contribution < -0.4 is 5.56 Å². The van der Waals surface area contributed by atoms with Crippen molar-refractivity contribution in [2.24, 2.45) is 0 Å². The second-order valence-corrected chi connectivity index (χ2v) is 7.55. The first-order chi connectivity index (χ1) is 14.6. The van der Waals surface area contributed by atoms with E-state index in [0.29, 0.717) is 11.5 Å². The molecule has 0 radical (unpaired) electrons. The number of pyridine rings is 1. The third-order valence-electron chi connectivity index (χ3n) is 5.37. The number of nitrogens with one attached hydrogen (secondary N) is 1. The Kier molecular flexibility index (Phi) is 5.99. The van der Waals surface area contributed by atoms with Crippen LogP contribution in [0.25, 0.3) is 22.6 Å². The number of rotatable bonds is 4. The predicted molar refractivity (Wildman–Crippen MR) is 116 cm³/mol. The first-order valence-electron chi connectivity index (χ1n) is 10.2. The van der Waals surface area contributed by atoms with Crippen molar-refractivity contribution in [1.82, 2.24) is 24.8 Å². The molecule has 7 heteroatoms. The highest BCUT2D eigenvalue weighted by Gasteiger charge is 2.16. The number of nitrogens with zero attached hydrogens (tertiary/aromatic N) is 4. The summed E-state index contributed by atoms with van der Waals surface area (Å²) in [6, 6.07) is 13.3. The number of H-pyrrole nitrogens is 1. The molecule has 0 saturated carbocycles. The zero-order valence-electron chi connectivity index (χ0n) is 17.0. The molecule has 1 N–H and O–H groups in total. The van der Waals surface area contributed by atoms with E-state index in [9.17, 15) is 9.59 Å². The Bertz CT molecular complexity index is 1060. The van der Waals surface area contributed by atoms with Crippen molar-refractivity contribution >= 4 is 5.91 Å². The number of hydrogen-bond donors (Lipinski definition) is 1. The van der Waals surface area contributed by atoms with Crippen molar-refractivity contribution in [1.29, 1.82) is 0 Å². The highest BCUT2D eigenvalue weighted by atomic mass is 16.2. The van der Waals surface area contributed by atoms with Crippen LogP contribution in [0.3, 0.4) is 0 Å². The molecule has 3 heterocycles. The Balaban J connectivity index is 1.48. The number of amides is 1. The second kappa shape index (κ2) is 9.00. The number of hydrogen-bond acceptors (Lipinski definition) is 5. The highest BCUT2D eigenvalue weighted by molar-refractivity contribution is 5.73. The number of aromatic amines is 1. The molecule has 154 valence electrons. The average Bonchev–Trinajstić information content (AvgIpc) is 3.00. The quantitative estimate of drug-likeness (QED) is 0.724. The van der Waals surface area contributed by atoms with E-state index in [0.717, 1.165) is 50.3 Å². The molecule has 1 aromatic carbocycles. The van der Waals surface area contributed by atoms with E-state index < -0.39 is 0 Å². The molecule has 3 aromatic rings. The van der Waals surface area contributed by atoms with Crippen LogP contribution in [0.2, 0.25) is 0 Å². The molecule has 0 atom stereocenters. The summed E-state index contributed by atoms with van der Waals surface area (Å²) in [5, 5.41) is 0. The summed E-state index contributed by atoms with van der Waals surface area (Å²) < 4.78 is 0. The van der Waals surface area contributed by atoms with E-state index in [1.165, 1.54) is 11.6 Å². The number of benzene rings is 1. The minimum absolute atomic E-state index is 0.149. The lowest BCUT2D eigenvalue weighted by atomic mass is 10.1. The summed E-state index contributed by atoms with van der Waals surface area (Å²) in [5.74, 6) is 0.691. The van der Waals surface area contributed by atoms with Gasteiger partial charge in [0, 0.05) is 69.2 Å². The van der Waals surface area contributed by atoms with Crippen molar-refractivity contribution in [2.45, 2.75) is 19.9 Å². The standard InChI is InChI=1S/C23H25N5O2/c1-17(29)28-11-3-10-27(12-13-28)16-18-5-7-19(8-6-18)23-25-21(14-22(30)26-23)20-4-2-9-24-15-20/h2,4-9,14-15H,3,10-13,16H2,1H3,(H,25,26,30). The van der Waals surface area contributed by atoms with Crippen LogP contribution in [0.15, 0.2) is 59.7 Å². The zero-order valence-corrected chi connectivity index (χ0v) is 17.0. The van der Waals surface area contributed by atoms with E-state index in [2.05, 4.69) is 32.0 Å². The maximum absolute atomic E-state index is 12.1. The molecular formula is C23H25N5O2. The van der Waals surface area contributed by atoms with Gasteiger partial charge in [-0.2, -0.15) is 0 Å². The van der Waals surface area contributed by atoms with E-state index in [1.807, 2.05) is 29.2 Å². The lowest BCUT2D eigenvalue weighted by Crippen LogP contribution is -2.33. The molecule has 0 unspecified atom stereocenters. The smallest absolute Gasteiger partial charge is 0.251 e. The van der Waals surface area contributed by atoms with Gasteiger partial charge in [0.1, 0.15) is 5.82 Å². The molecule has 0 aliphatic carbocycles. The number of carbonyl (C=O) groups excluding carboxylic acids is 1. The van der Waals surface area contributed by atoms with Crippen molar-refractivity contribution in [3.05, 3.63) is 70.8 Å². The van der Waals surface area contributed by atoms with Crippen LogP contribution in [0.1, 0.15) is 18.9 Å². The second-order valence-electron chi connectivity index (χ2n) is 7.55. The third-order valence-corrected chi connectivity index (χ3v) is 5.37. The van der Waals surface area contributed by atoms with E-state index in [4.69, 9.17) is 0 Å². The van der Waals surface area contributed by atoms with Crippen molar-refractivity contribution < 1.29 is 4.79 Å². The van der Waals surface area contributed by atoms with Crippen LogP contribution in [0, 0.1) is 0 Å². The van der Waals surface area contributed by atoms with Gasteiger partial charge in [0.15, 0.2) is 0 Å². The molecule has 0 spiro atoms. The maximum atomic E-state index is 12.1. The molecule has 0 bridgehead atoms. The minimum Gasteiger partial charge on any atom is -0.342 e. The molecule has 1 saturated heterocycles. The highest BCUT2D eigenvalue weighted by Crippen LogP contribution is 2.20. The summed E-state index contributed by atoms with van der Waals surface area (Å²) >= 11 is 0. The molecule has 1 aliphatic heterocycles. The Morgan fingerprint density at radius 3 is 2.63 bits per heavy atom. The first-order valence-corrected chi connectivity index (χ1v) is 10.2. The Labute approximate surface area is 175 Å². The molecule has 1 amide bonds. The molecule has 4 rings (SSSR count). The van der Waals surface area contributed by atoms with Gasteiger partial charge in [0.25, 0.3) is 5.56 Å². The monoisotopic (exact) mass is 403 g/mol. The summed E-state index contributed by atoms with van der Waals surface area (Å²) in [7, 11) is 0. The van der Waals surface area contributed by atoms with Crippen molar-refractivity contribution in [3.8, 4) is 22.6 Å². The van der Waals surface area contributed by atoms with Crippen molar-refractivity contribution in [2.75, 3.05) is 26.2 Å². The van der Waals surface area contributed by atoms with Gasteiger partial charge in [-0.3, -0.25) is 19.5 Å². The van der Waals surface area contributed by atoms with Gasteiger partial charge in [-0.05, 0) is 24.1 Å². The normalized spacial score (nSPS) is 15.0. The Hall–Kier alpha value is -3.32. The van der Waals surface area contributed by atoms with E-state index in [-0.39, 0.29) is 11.5 Å². The summed E-state index contributed by atoms with van der Waals surface area (Å²) in [6.07, 6.45) is 4.38. The van der Waals surface area contributed by atoms with Gasteiger partial charge >= 0.3 is 0 Å². The van der Waals surface area contributed by atoms with Crippen LogP contribution in [0.5, 0.6) is 0 Å². The largest absolute Gasteiger partial charge is 0.342 e. The lowest BCUT2D eigenvalue weighted by molar-refractivity contribution is -0.128. The van der Waals surface area contributed by atoms with E-state index in [1.54, 1.807) is 19.3 Å². The van der Waals surface area contributed by atoms with Gasteiger partial charge in [0.2, 0.25) is 5.91 Å². The fraction of sp³-hybridized carbons (Fsp3) is 0.304. The van der Waals surface area contributed by atoms with Gasteiger partial charge < -0.3 is 9.88 Å². The lowest BCUT2D eigenvalue weighted by Gasteiger charge is -2.21. The Morgan fingerprint density at radius 2 is 1.90 bits per heavy atom. The van der Waals surface area contributed by atoms with Gasteiger partial charge in [-0.1, -0.05) is 24.3 Å². The number of carbonyl (C=O) groups is 1. The molecule has 1 fully saturated rings. The molecule has 30 heavy (non-hydrogen) atoms. The molecular weight excluding hydrogens is 378 g/mol. The summed E-state index contributed by atoms with van der Waals surface area (Å²) in [5.41, 5.74) is 3.27. The molecule has 2 aromatic heterocycles. The zero-order chi connectivity index (χ0) is 20.9. The summed E-state index contributed by atoms with van der Waals surface area (Å²) in [6.45, 7) is 5.94. The molecule has 7 nitrogen and oxygen atoms in total.